The summed E-state index contributed by atoms with van der Waals surface area (Å²) in [6.07, 6.45) is 2.65. The lowest BCUT2D eigenvalue weighted by Crippen LogP contribution is -2.07. The minimum Gasteiger partial charge on any atom is -0.477 e. The normalized spacial score (nSPS) is 11.6. The van der Waals surface area contributed by atoms with Crippen molar-refractivity contribution in [3.05, 3.63) is 90.1 Å². The fraction of sp³-hybridized carbons (Fsp3) is 0.160. The Bertz CT molecular complexity index is 1490. The molecular weight excluding hydrogens is 473 g/mol. The van der Waals surface area contributed by atoms with Crippen LogP contribution in [0.15, 0.2) is 73.4 Å². The van der Waals surface area contributed by atoms with Crippen LogP contribution >= 0.6 is 0 Å². The highest BCUT2D eigenvalue weighted by Crippen LogP contribution is 2.35. The van der Waals surface area contributed by atoms with Gasteiger partial charge in [-0.05, 0) is 42.3 Å². The summed E-state index contributed by atoms with van der Waals surface area (Å²) in [5.41, 5.74) is 1.12. The first-order valence-corrected chi connectivity index (χ1v) is 10.9. The third-order valence-electron chi connectivity index (χ3n) is 5.39. The molecule has 0 unspecified atom stereocenters. The summed E-state index contributed by atoms with van der Waals surface area (Å²) in [6, 6.07) is 12.7. The minimum atomic E-state index is -4.43. The number of halogens is 3. The van der Waals surface area contributed by atoms with E-state index in [-0.39, 0.29) is 11.3 Å². The highest BCUT2D eigenvalue weighted by Gasteiger charge is 2.32. The van der Waals surface area contributed by atoms with Gasteiger partial charge in [0.25, 0.3) is 5.78 Å². The third kappa shape index (κ3) is 5.09. The number of ether oxygens (including phenoxy) is 2. The van der Waals surface area contributed by atoms with Crippen LogP contribution in [0.1, 0.15) is 16.7 Å². The van der Waals surface area contributed by atoms with E-state index in [2.05, 4.69) is 25.1 Å². The Morgan fingerprint density at radius 2 is 1.67 bits per heavy atom. The van der Waals surface area contributed by atoms with Gasteiger partial charge in [-0.3, -0.25) is 4.40 Å². The van der Waals surface area contributed by atoms with E-state index in [1.165, 1.54) is 25.4 Å². The zero-order chi connectivity index (χ0) is 25.1. The molecule has 0 aliphatic carbocycles. The molecule has 0 atom stereocenters. The van der Waals surface area contributed by atoms with Gasteiger partial charge in [-0.15, -0.1) is 10.2 Å². The topological polar surface area (TPSA) is 87.3 Å². The molecule has 0 amide bonds. The number of rotatable bonds is 7. The van der Waals surface area contributed by atoms with Crippen LogP contribution < -0.4 is 9.47 Å². The number of benzene rings is 2. The van der Waals surface area contributed by atoms with E-state index in [9.17, 15) is 13.2 Å². The lowest BCUT2D eigenvalue weighted by molar-refractivity contribution is -0.138. The van der Waals surface area contributed by atoms with Crippen LogP contribution in [0.5, 0.6) is 17.4 Å². The standard InChI is InChI=1S/C25H19F3N6O2/c1-16-2-5-20(12-21(16)25(26,27)28)36-19-6-3-17(4-7-19)9-11-35-22-8-10-34-23(32-33-24(34)31-22)18-13-29-15-30-14-18/h2-8,10,12-15H,9,11H2,1H3. The number of fused-ring (bicyclic) bond motifs is 1. The van der Waals surface area contributed by atoms with Crippen molar-refractivity contribution in [1.82, 2.24) is 29.5 Å². The van der Waals surface area contributed by atoms with Gasteiger partial charge in [0.15, 0.2) is 5.82 Å². The Morgan fingerprint density at radius 3 is 2.42 bits per heavy atom. The van der Waals surface area contributed by atoms with Gasteiger partial charge < -0.3 is 9.47 Å². The second-order valence-electron chi connectivity index (χ2n) is 7.91. The van der Waals surface area contributed by atoms with Crippen molar-refractivity contribution < 1.29 is 22.6 Å². The second-order valence-corrected chi connectivity index (χ2v) is 7.91. The van der Waals surface area contributed by atoms with E-state index in [0.717, 1.165) is 17.2 Å². The molecule has 0 fully saturated rings. The molecule has 11 heteroatoms. The molecule has 2 aromatic carbocycles. The Kier molecular flexibility index (Phi) is 6.19. The number of aryl methyl sites for hydroxylation is 1. The SMILES string of the molecule is Cc1ccc(Oc2ccc(CCOc3ccn4c(-c5cncnc5)nnc4n3)cc2)cc1C(F)(F)F. The molecule has 36 heavy (non-hydrogen) atoms. The van der Waals surface area contributed by atoms with Crippen LogP contribution in [0.2, 0.25) is 0 Å². The molecule has 3 aromatic heterocycles. The summed E-state index contributed by atoms with van der Waals surface area (Å²) in [6.45, 7) is 1.78. The molecule has 5 aromatic rings. The molecule has 3 heterocycles. The van der Waals surface area contributed by atoms with Crippen LogP contribution in [0.3, 0.4) is 0 Å². The van der Waals surface area contributed by atoms with Crippen molar-refractivity contribution in [3.8, 4) is 28.8 Å². The number of alkyl halides is 3. The maximum Gasteiger partial charge on any atom is 0.416 e. The summed E-state index contributed by atoms with van der Waals surface area (Å²) in [5, 5.41) is 8.22. The van der Waals surface area contributed by atoms with Crippen molar-refractivity contribution in [2.45, 2.75) is 19.5 Å². The van der Waals surface area contributed by atoms with Crippen LogP contribution in [0.25, 0.3) is 17.2 Å². The van der Waals surface area contributed by atoms with Crippen LogP contribution in [0, 0.1) is 6.92 Å². The van der Waals surface area contributed by atoms with Gasteiger partial charge in [0, 0.05) is 31.1 Å². The molecule has 5 rings (SSSR count). The molecule has 0 spiro atoms. The molecule has 0 saturated carbocycles. The lowest BCUT2D eigenvalue weighted by Gasteiger charge is -2.13. The Hall–Kier alpha value is -4.54. The Morgan fingerprint density at radius 1 is 0.917 bits per heavy atom. The summed E-state index contributed by atoms with van der Waals surface area (Å²) < 4.78 is 52.5. The third-order valence-corrected chi connectivity index (χ3v) is 5.39. The monoisotopic (exact) mass is 492 g/mol. The number of aromatic nitrogens is 6. The molecule has 8 nitrogen and oxygen atoms in total. The maximum absolute atomic E-state index is 13.1. The van der Waals surface area contributed by atoms with Gasteiger partial charge >= 0.3 is 6.18 Å². The highest BCUT2D eigenvalue weighted by molar-refractivity contribution is 5.55. The first-order chi connectivity index (χ1) is 17.4. The number of hydrogen-bond donors (Lipinski definition) is 0. The van der Waals surface area contributed by atoms with E-state index in [0.29, 0.717) is 36.3 Å². The predicted molar refractivity (Wildman–Crippen MR) is 124 cm³/mol. The van der Waals surface area contributed by atoms with Gasteiger partial charge in [0.2, 0.25) is 5.88 Å². The minimum absolute atomic E-state index is 0.127. The van der Waals surface area contributed by atoms with E-state index < -0.39 is 11.7 Å². The highest BCUT2D eigenvalue weighted by atomic mass is 19.4. The fourth-order valence-electron chi connectivity index (χ4n) is 3.57. The fourth-order valence-corrected chi connectivity index (χ4v) is 3.57. The van der Waals surface area contributed by atoms with Gasteiger partial charge in [0.1, 0.15) is 17.8 Å². The van der Waals surface area contributed by atoms with Gasteiger partial charge in [-0.1, -0.05) is 18.2 Å². The predicted octanol–water partition coefficient (Wildman–Crippen LogP) is 5.32. The molecule has 182 valence electrons. The summed E-state index contributed by atoms with van der Waals surface area (Å²) in [4.78, 5) is 12.3. The van der Waals surface area contributed by atoms with Crippen LogP contribution in [-0.2, 0) is 12.6 Å². The van der Waals surface area contributed by atoms with Crippen molar-refractivity contribution in [3.63, 3.8) is 0 Å². The zero-order valence-corrected chi connectivity index (χ0v) is 19.0. The maximum atomic E-state index is 13.1. The van der Waals surface area contributed by atoms with Gasteiger partial charge in [-0.2, -0.15) is 18.2 Å². The molecule has 0 radical (unpaired) electrons. The van der Waals surface area contributed by atoms with E-state index in [1.54, 1.807) is 41.2 Å². The van der Waals surface area contributed by atoms with Crippen LogP contribution in [-0.4, -0.2) is 36.2 Å². The summed E-state index contributed by atoms with van der Waals surface area (Å²) in [7, 11) is 0. The first kappa shape index (κ1) is 23.2. The molecule has 0 saturated heterocycles. The van der Waals surface area contributed by atoms with E-state index >= 15 is 0 Å². The largest absolute Gasteiger partial charge is 0.477 e. The molecular formula is C25H19F3N6O2. The molecule has 0 bridgehead atoms. The van der Waals surface area contributed by atoms with Gasteiger partial charge in [-0.25, -0.2) is 9.97 Å². The number of nitrogens with zero attached hydrogens (tertiary/aromatic N) is 6. The van der Waals surface area contributed by atoms with E-state index in [4.69, 9.17) is 9.47 Å². The first-order valence-electron chi connectivity index (χ1n) is 10.9. The van der Waals surface area contributed by atoms with Crippen molar-refractivity contribution in [2.75, 3.05) is 6.61 Å². The molecule has 0 N–H and O–H groups in total. The molecule has 0 aliphatic heterocycles. The second kappa shape index (κ2) is 9.61. The average molecular weight is 492 g/mol. The van der Waals surface area contributed by atoms with Gasteiger partial charge in [0.05, 0.1) is 17.7 Å². The lowest BCUT2D eigenvalue weighted by atomic mass is 10.1. The van der Waals surface area contributed by atoms with Crippen LogP contribution in [0.4, 0.5) is 13.2 Å². The van der Waals surface area contributed by atoms with Crippen molar-refractivity contribution in [1.29, 1.82) is 0 Å². The van der Waals surface area contributed by atoms with Crippen molar-refractivity contribution in [2.24, 2.45) is 0 Å². The smallest absolute Gasteiger partial charge is 0.416 e. The Labute approximate surface area is 203 Å². The van der Waals surface area contributed by atoms with E-state index in [1.807, 2.05) is 12.1 Å². The summed E-state index contributed by atoms with van der Waals surface area (Å²) >= 11 is 0. The quantitative estimate of drug-likeness (QED) is 0.304. The average Bonchev–Trinajstić information content (AvgIpc) is 3.29. The number of hydrogen-bond acceptors (Lipinski definition) is 7. The molecule has 0 aliphatic rings. The zero-order valence-electron chi connectivity index (χ0n) is 19.0. The Balaban J connectivity index is 1.18. The summed E-state index contributed by atoms with van der Waals surface area (Å²) in [5.74, 6) is 1.94. The van der Waals surface area contributed by atoms with Crippen molar-refractivity contribution >= 4 is 5.78 Å².